The van der Waals surface area contributed by atoms with Gasteiger partial charge in [-0.25, -0.2) is 0 Å². The monoisotopic (exact) mass is 232 g/mol. The van der Waals surface area contributed by atoms with Gasteiger partial charge in [0.2, 0.25) is 0 Å². The summed E-state index contributed by atoms with van der Waals surface area (Å²) in [6, 6.07) is 0. The molecule has 0 aromatic rings. The molecule has 1 rings (SSSR count). The molecule has 1 unspecified atom stereocenters. The van der Waals surface area contributed by atoms with E-state index in [0.29, 0.717) is 0 Å². The topological polar surface area (TPSA) is 20.2 Å². The minimum absolute atomic E-state index is 0.203. The maximum atomic E-state index is 9.63. The van der Waals surface area contributed by atoms with E-state index in [1.165, 1.54) is 11.1 Å². The highest BCUT2D eigenvalue weighted by molar-refractivity contribution is 9.09. The fraction of sp³-hybridized carbons (Fsp3) is 0.800. The molecule has 0 fully saturated rings. The smallest absolute Gasteiger partial charge is 0.0750 e. The van der Waals surface area contributed by atoms with Crippen molar-refractivity contribution in [3.8, 4) is 0 Å². The van der Waals surface area contributed by atoms with Crippen molar-refractivity contribution in [3.63, 3.8) is 0 Å². The first-order chi connectivity index (χ1) is 5.49. The molecule has 2 heteroatoms. The van der Waals surface area contributed by atoms with Gasteiger partial charge >= 0.3 is 0 Å². The molecule has 1 aliphatic carbocycles. The third kappa shape index (κ3) is 1.74. The van der Waals surface area contributed by atoms with Gasteiger partial charge in [-0.1, -0.05) is 35.4 Å². The van der Waals surface area contributed by atoms with E-state index in [0.717, 1.165) is 18.2 Å². The number of aliphatic hydroxyl groups excluding tert-OH is 1. The van der Waals surface area contributed by atoms with E-state index in [1.54, 1.807) is 0 Å². The van der Waals surface area contributed by atoms with Crippen molar-refractivity contribution >= 4 is 15.9 Å². The van der Waals surface area contributed by atoms with Gasteiger partial charge in [0.1, 0.15) is 0 Å². The second-order valence-electron chi connectivity index (χ2n) is 4.23. The number of alkyl halides is 1. The van der Waals surface area contributed by atoms with Gasteiger partial charge in [-0.3, -0.25) is 0 Å². The second-order valence-corrected chi connectivity index (χ2v) is 4.79. The van der Waals surface area contributed by atoms with E-state index in [4.69, 9.17) is 0 Å². The second kappa shape index (κ2) is 3.51. The minimum atomic E-state index is -0.203. The van der Waals surface area contributed by atoms with Crippen LogP contribution in [0.4, 0.5) is 0 Å². The van der Waals surface area contributed by atoms with Crippen LogP contribution in [0.3, 0.4) is 0 Å². The number of rotatable bonds is 1. The summed E-state index contributed by atoms with van der Waals surface area (Å²) in [5.74, 6) is 0. The molecule has 0 saturated carbocycles. The Labute approximate surface area is 83.0 Å². The highest BCUT2D eigenvalue weighted by Crippen LogP contribution is 2.40. The standard InChI is InChI=1S/C10H17BrO/c1-7-8(6-11)10(2,3)5-4-9(7)12/h9,12H,4-6H2,1-3H3. The van der Waals surface area contributed by atoms with Crippen LogP contribution in [-0.4, -0.2) is 16.5 Å². The van der Waals surface area contributed by atoms with Gasteiger partial charge in [0.15, 0.2) is 0 Å². The van der Waals surface area contributed by atoms with Crippen molar-refractivity contribution in [1.82, 2.24) is 0 Å². The molecule has 0 radical (unpaired) electrons. The van der Waals surface area contributed by atoms with Crippen molar-refractivity contribution < 1.29 is 5.11 Å². The third-order valence-electron chi connectivity index (χ3n) is 2.97. The summed E-state index contributed by atoms with van der Waals surface area (Å²) < 4.78 is 0. The molecule has 0 heterocycles. The molecule has 1 aliphatic rings. The van der Waals surface area contributed by atoms with Crippen LogP contribution in [0.1, 0.15) is 33.6 Å². The fourth-order valence-corrected chi connectivity index (χ4v) is 3.09. The van der Waals surface area contributed by atoms with E-state index >= 15 is 0 Å². The molecule has 0 aromatic heterocycles. The first-order valence-corrected chi connectivity index (χ1v) is 5.55. The lowest BCUT2D eigenvalue weighted by molar-refractivity contribution is 0.161. The zero-order valence-electron chi connectivity index (χ0n) is 8.02. The van der Waals surface area contributed by atoms with Crippen LogP contribution < -0.4 is 0 Å². The summed E-state index contributed by atoms with van der Waals surface area (Å²) in [6.45, 7) is 6.54. The van der Waals surface area contributed by atoms with Crippen LogP contribution in [-0.2, 0) is 0 Å². The molecule has 0 bridgehead atoms. The van der Waals surface area contributed by atoms with Gasteiger partial charge in [0.05, 0.1) is 6.10 Å². The molecule has 70 valence electrons. The van der Waals surface area contributed by atoms with Gasteiger partial charge in [-0.15, -0.1) is 0 Å². The Morgan fingerprint density at radius 2 is 2.17 bits per heavy atom. The predicted molar refractivity (Wildman–Crippen MR) is 55.5 cm³/mol. The molecule has 0 amide bonds. The van der Waals surface area contributed by atoms with E-state index < -0.39 is 0 Å². The summed E-state index contributed by atoms with van der Waals surface area (Å²) in [7, 11) is 0. The molecular weight excluding hydrogens is 216 g/mol. The molecule has 0 aliphatic heterocycles. The number of aliphatic hydroxyl groups is 1. The van der Waals surface area contributed by atoms with Gasteiger partial charge in [0.25, 0.3) is 0 Å². The van der Waals surface area contributed by atoms with Crippen LogP contribution in [0.5, 0.6) is 0 Å². The van der Waals surface area contributed by atoms with Gasteiger partial charge < -0.3 is 5.11 Å². The molecule has 0 spiro atoms. The van der Waals surface area contributed by atoms with Crippen LogP contribution in [0.2, 0.25) is 0 Å². The lowest BCUT2D eigenvalue weighted by Crippen LogP contribution is -2.28. The fourth-order valence-electron chi connectivity index (χ4n) is 1.89. The average molecular weight is 233 g/mol. The molecule has 1 atom stereocenters. The lowest BCUT2D eigenvalue weighted by atomic mass is 9.72. The largest absolute Gasteiger partial charge is 0.389 e. The molecular formula is C10H17BrO. The summed E-state index contributed by atoms with van der Waals surface area (Å²) in [4.78, 5) is 0. The molecule has 1 nitrogen and oxygen atoms in total. The highest BCUT2D eigenvalue weighted by atomic mass is 79.9. The van der Waals surface area contributed by atoms with Crippen molar-refractivity contribution in [2.75, 3.05) is 5.33 Å². The van der Waals surface area contributed by atoms with Crippen molar-refractivity contribution in [3.05, 3.63) is 11.1 Å². The number of halogens is 1. The van der Waals surface area contributed by atoms with E-state index in [2.05, 4.69) is 29.8 Å². The zero-order chi connectivity index (χ0) is 9.35. The number of allylic oxidation sites excluding steroid dienone is 1. The molecule has 12 heavy (non-hydrogen) atoms. The van der Waals surface area contributed by atoms with Crippen molar-refractivity contribution in [2.45, 2.75) is 39.7 Å². The Kier molecular flexibility index (Phi) is 3.00. The van der Waals surface area contributed by atoms with Gasteiger partial charge in [-0.2, -0.15) is 0 Å². The van der Waals surface area contributed by atoms with Crippen molar-refractivity contribution in [1.29, 1.82) is 0 Å². The summed E-state index contributed by atoms with van der Waals surface area (Å²) in [5, 5.41) is 10.5. The van der Waals surface area contributed by atoms with E-state index in [1.807, 2.05) is 6.92 Å². The predicted octanol–water partition coefficient (Wildman–Crippen LogP) is 2.88. The lowest BCUT2D eigenvalue weighted by Gasteiger charge is -2.36. The number of hydrogen-bond donors (Lipinski definition) is 1. The first-order valence-electron chi connectivity index (χ1n) is 4.43. The summed E-state index contributed by atoms with van der Waals surface area (Å²) in [6.07, 6.45) is 1.80. The Balaban J connectivity index is 3.01. The van der Waals surface area contributed by atoms with Gasteiger partial charge in [0, 0.05) is 5.33 Å². The van der Waals surface area contributed by atoms with E-state index in [-0.39, 0.29) is 11.5 Å². The Morgan fingerprint density at radius 3 is 2.58 bits per heavy atom. The Bertz CT molecular complexity index is 206. The SMILES string of the molecule is CC1=C(CBr)C(C)(C)CCC1O. The normalized spacial score (nSPS) is 29.2. The van der Waals surface area contributed by atoms with Crippen LogP contribution in [0.15, 0.2) is 11.1 Å². The minimum Gasteiger partial charge on any atom is -0.389 e. The molecule has 0 saturated heterocycles. The average Bonchev–Trinajstić information content (AvgIpc) is 1.99. The number of hydrogen-bond acceptors (Lipinski definition) is 1. The third-order valence-corrected chi connectivity index (χ3v) is 3.53. The Morgan fingerprint density at radius 1 is 1.58 bits per heavy atom. The first kappa shape index (κ1) is 10.3. The molecule has 1 N–H and O–H groups in total. The van der Waals surface area contributed by atoms with Crippen LogP contribution in [0.25, 0.3) is 0 Å². The Hall–Kier alpha value is 0.180. The van der Waals surface area contributed by atoms with E-state index in [9.17, 15) is 5.11 Å². The van der Waals surface area contributed by atoms with Crippen LogP contribution >= 0.6 is 15.9 Å². The van der Waals surface area contributed by atoms with Crippen molar-refractivity contribution in [2.24, 2.45) is 5.41 Å². The maximum Gasteiger partial charge on any atom is 0.0750 e. The molecule has 0 aromatic carbocycles. The van der Waals surface area contributed by atoms with Crippen LogP contribution in [0, 0.1) is 5.41 Å². The quantitative estimate of drug-likeness (QED) is 0.545. The zero-order valence-corrected chi connectivity index (χ0v) is 9.61. The summed E-state index contributed by atoms with van der Waals surface area (Å²) in [5.41, 5.74) is 2.82. The summed E-state index contributed by atoms with van der Waals surface area (Å²) >= 11 is 3.49. The maximum absolute atomic E-state index is 9.63. The van der Waals surface area contributed by atoms with Gasteiger partial charge in [-0.05, 0) is 30.8 Å². The highest BCUT2D eigenvalue weighted by Gasteiger charge is 2.31.